The van der Waals surface area contributed by atoms with Crippen molar-refractivity contribution in [2.75, 3.05) is 0 Å². The lowest BCUT2D eigenvalue weighted by atomic mass is 10.1. The van der Waals surface area contributed by atoms with Gasteiger partial charge in [-0.05, 0) is 17.7 Å². The smallest absolute Gasteiger partial charge is 0.335 e. The van der Waals surface area contributed by atoms with Gasteiger partial charge in [0, 0.05) is 17.4 Å². The third-order valence-corrected chi connectivity index (χ3v) is 3.57. The Balaban J connectivity index is 1.94. The molecule has 2 aromatic heterocycles. The summed E-state index contributed by atoms with van der Waals surface area (Å²) in [7, 11) is 0. The van der Waals surface area contributed by atoms with Crippen LogP contribution in [0.2, 0.25) is 5.02 Å². The molecule has 1 aromatic carbocycles. The standard InChI is InChI=1S/C15H10ClF3N4O/c16-10-3-1-2-9(6-10)13(15(17,18)19)22-14(24)11-7-21-12-8-20-4-5-23(11)12/h1-8,13H,(H,22,24). The maximum absolute atomic E-state index is 13.4. The number of fused-ring (bicyclic) bond motifs is 1. The number of nitrogens with one attached hydrogen (secondary N) is 1. The summed E-state index contributed by atoms with van der Waals surface area (Å²) in [6.07, 6.45) is 0.762. The lowest BCUT2D eigenvalue weighted by Gasteiger charge is -2.22. The normalized spacial score (nSPS) is 13.0. The lowest BCUT2D eigenvalue weighted by molar-refractivity contribution is -0.155. The molecular formula is C15H10ClF3N4O. The van der Waals surface area contributed by atoms with Crippen molar-refractivity contribution in [1.29, 1.82) is 0 Å². The zero-order valence-electron chi connectivity index (χ0n) is 12.0. The molecule has 0 aliphatic heterocycles. The number of imidazole rings is 1. The molecule has 0 aliphatic carbocycles. The predicted octanol–water partition coefficient (Wildman–Crippen LogP) is 3.42. The molecule has 0 saturated carbocycles. The molecule has 0 fully saturated rings. The highest BCUT2D eigenvalue weighted by atomic mass is 35.5. The fraction of sp³-hybridized carbons (Fsp3) is 0.133. The fourth-order valence-corrected chi connectivity index (χ4v) is 2.45. The van der Waals surface area contributed by atoms with E-state index in [1.165, 1.54) is 53.5 Å². The number of halogens is 4. The van der Waals surface area contributed by atoms with Gasteiger partial charge in [-0.3, -0.25) is 14.2 Å². The van der Waals surface area contributed by atoms with Crippen LogP contribution in [0.4, 0.5) is 13.2 Å². The highest BCUT2D eigenvalue weighted by Gasteiger charge is 2.42. The molecule has 3 rings (SSSR count). The molecule has 3 aromatic rings. The minimum Gasteiger partial charge on any atom is -0.335 e. The minimum atomic E-state index is -4.68. The molecule has 124 valence electrons. The molecule has 0 radical (unpaired) electrons. The SMILES string of the molecule is O=C(NC(c1cccc(Cl)c1)C(F)(F)F)c1cnc2cnccn12. The maximum atomic E-state index is 13.4. The van der Waals surface area contributed by atoms with Gasteiger partial charge in [-0.1, -0.05) is 23.7 Å². The molecule has 1 atom stereocenters. The highest BCUT2D eigenvalue weighted by molar-refractivity contribution is 6.30. The molecule has 1 N–H and O–H groups in total. The van der Waals surface area contributed by atoms with Gasteiger partial charge in [0.15, 0.2) is 11.7 Å². The van der Waals surface area contributed by atoms with Crippen LogP contribution in [0.5, 0.6) is 0 Å². The summed E-state index contributed by atoms with van der Waals surface area (Å²) in [6, 6.07) is 3.08. The molecule has 0 aliphatic rings. The highest BCUT2D eigenvalue weighted by Crippen LogP contribution is 2.33. The molecule has 0 bridgehead atoms. The summed E-state index contributed by atoms with van der Waals surface area (Å²) in [6.45, 7) is 0. The van der Waals surface area contributed by atoms with E-state index in [0.29, 0.717) is 5.65 Å². The second-order valence-corrected chi connectivity index (χ2v) is 5.39. The molecule has 0 spiro atoms. The van der Waals surface area contributed by atoms with Crippen molar-refractivity contribution in [2.45, 2.75) is 12.2 Å². The van der Waals surface area contributed by atoms with E-state index in [9.17, 15) is 18.0 Å². The molecule has 2 heterocycles. The third-order valence-electron chi connectivity index (χ3n) is 3.33. The summed E-state index contributed by atoms with van der Waals surface area (Å²) >= 11 is 5.75. The van der Waals surface area contributed by atoms with Gasteiger partial charge in [0.05, 0.1) is 12.4 Å². The molecule has 24 heavy (non-hydrogen) atoms. The Morgan fingerprint density at radius 2 is 2.08 bits per heavy atom. The number of hydrogen-bond acceptors (Lipinski definition) is 3. The first kappa shape index (κ1) is 16.3. The number of carbonyl (C=O) groups is 1. The minimum absolute atomic E-state index is 0.0244. The van der Waals surface area contributed by atoms with Crippen LogP contribution >= 0.6 is 11.6 Å². The van der Waals surface area contributed by atoms with E-state index in [-0.39, 0.29) is 16.3 Å². The van der Waals surface area contributed by atoms with Crippen LogP contribution in [0.3, 0.4) is 0 Å². The lowest BCUT2D eigenvalue weighted by Crippen LogP contribution is -2.38. The molecule has 1 unspecified atom stereocenters. The van der Waals surface area contributed by atoms with Gasteiger partial charge >= 0.3 is 6.18 Å². The summed E-state index contributed by atoms with van der Waals surface area (Å²) in [5, 5.41) is 2.14. The summed E-state index contributed by atoms with van der Waals surface area (Å²) in [5.74, 6) is -0.906. The second kappa shape index (κ2) is 6.12. The molecule has 1 amide bonds. The first-order chi connectivity index (χ1) is 11.4. The number of alkyl halides is 3. The summed E-state index contributed by atoms with van der Waals surface area (Å²) in [5.41, 5.74) is 0.177. The Labute approximate surface area is 139 Å². The van der Waals surface area contributed by atoms with E-state index < -0.39 is 18.1 Å². The number of carbonyl (C=O) groups excluding carboxylic acids is 1. The van der Waals surface area contributed by atoms with Crippen molar-refractivity contribution in [1.82, 2.24) is 19.7 Å². The van der Waals surface area contributed by atoms with E-state index in [1.54, 1.807) is 0 Å². The van der Waals surface area contributed by atoms with Crippen molar-refractivity contribution >= 4 is 23.2 Å². The third kappa shape index (κ3) is 3.18. The molecular weight excluding hydrogens is 345 g/mol. The second-order valence-electron chi connectivity index (χ2n) is 4.95. The van der Waals surface area contributed by atoms with Gasteiger partial charge in [-0.2, -0.15) is 13.2 Å². The molecule has 9 heteroatoms. The van der Waals surface area contributed by atoms with Crippen LogP contribution in [0, 0.1) is 0 Å². The largest absolute Gasteiger partial charge is 0.412 e. The van der Waals surface area contributed by atoms with Crippen molar-refractivity contribution in [3.8, 4) is 0 Å². The van der Waals surface area contributed by atoms with Gasteiger partial charge in [-0.15, -0.1) is 0 Å². The number of benzene rings is 1. The van der Waals surface area contributed by atoms with Crippen LogP contribution < -0.4 is 5.32 Å². The van der Waals surface area contributed by atoms with E-state index in [1.807, 2.05) is 5.32 Å². The van der Waals surface area contributed by atoms with Crippen LogP contribution in [-0.2, 0) is 0 Å². The Morgan fingerprint density at radius 3 is 2.79 bits per heavy atom. The van der Waals surface area contributed by atoms with Crippen molar-refractivity contribution < 1.29 is 18.0 Å². The van der Waals surface area contributed by atoms with Crippen molar-refractivity contribution in [3.05, 3.63) is 65.3 Å². The molecule has 0 saturated heterocycles. The zero-order valence-corrected chi connectivity index (χ0v) is 12.7. The molecule has 5 nitrogen and oxygen atoms in total. The number of hydrogen-bond donors (Lipinski definition) is 1. The van der Waals surface area contributed by atoms with Gasteiger partial charge < -0.3 is 5.32 Å². The average Bonchev–Trinajstić information content (AvgIpc) is 2.95. The predicted molar refractivity (Wildman–Crippen MR) is 80.7 cm³/mol. The van der Waals surface area contributed by atoms with Gasteiger partial charge in [0.2, 0.25) is 0 Å². The van der Waals surface area contributed by atoms with Crippen molar-refractivity contribution in [3.63, 3.8) is 0 Å². The van der Waals surface area contributed by atoms with Crippen LogP contribution in [0.1, 0.15) is 22.1 Å². The Bertz CT molecular complexity index is 894. The van der Waals surface area contributed by atoms with Gasteiger partial charge in [0.1, 0.15) is 5.69 Å². The van der Waals surface area contributed by atoms with Crippen LogP contribution in [0.15, 0.2) is 49.1 Å². The Hall–Kier alpha value is -2.61. The van der Waals surface area contributed by atoms with E-state index in [2.05, 4.69) is 9.97 Å². The van der Waals surface area contributed by atoms with Gasteiger partial charge in [-0.25, -0.2) is 4.98 Å². The number of amides is 1. The number of rotatable bonds is 3. The fourth-order valence-electron chi connectivity index (χ4n) is 2.26. The maximum Gasteiger partial charge on any atom is 0.412 e. The van der Waals surface area contributed by atoms with E-state index >= 15 is 0 Å². The Kier molecular flexibility index (Phi) is 4.15. The van der Waals surface area contributed by atoms with E-state index in [4.69, 9.17) is 11.6 Å². The monoisotopic (exact) mass is 354 g/mol. The van der Waals surface area contributed by atoms with Crippen LogP contribution in [0.25, 0.3) is 5.65 Å². The number of nitrogens with zero attached hydrogens (tertiary/aromatic N) is 3. The first-order valence-corrected chi connectivity index (χ1v) is 7.14. The van der Waals surface area contributed by atoms with Crippen LogP contribution in [-0.4, -0.2) is 26.5 Å². The van der Waals surface area contributed by atoms with E-state index in [0.717, 1.165) is 0 Å². The Morgan fingerprint density at radius 1 is 1.29 bits per heavy atom. The summed E-state index contributed by atoms with van der Waals surface area (Å²) in [4.78, 5) is 20.1. The topological polar surface area (TPSA) is 59.3 Å². The quantitative estimate of drug-likeness (QED) is 0.784. The average molecular weight is 355 g/mol. The summed E-state index contributed by atoms with van der Waals surface area (Å²) < 4.78 is 41.4. The first-order valence-electron chi connectivity index (χ1n) is 6.76. The zero-order chi connectivity index (χ0) is 17.3. The number of aromatic nitrogens is 3. The van der Waals surface area contributed by atoms with Crippen molar-refractivity contribution in [2.24, 2.45) is 0 Å². The van der Waals surface area contributed by atoms with Gasteiger partial charge in [0.25, 0.3) is 5.91 Å².